The Morgan fingerprint density at radius 1 is 1.14 bits per heavy atom. The van der Waals surface area contributed by atoms with Crippen molar-refractivity contribution in [1.29, 1.82) is 0 Å². The smallest absolute Gasteiger partial charge is 0.278 e. The number of piperazine rings is 1. The molecule has 2 aromatic rings. The average Bonchev–Trinajstić information content (AvgIpc) is 2.52. The van der Waals surface area contributed by atoms with E-state index in [4.69, 9.17) is 6.42 Å². The van der Waals surface area contributed by atoms with Gasteiger partial charge in [-0.05, 0) is 12.1 Å². The molecular weight excluding hydrogens is 266 g/mol. The van der Waals surface area contributed by atoms with Crippen molar-refractivity contribution in [2.45, 2.75) is 6.67 Å². The molecule has 3 rings (SSSR count). The fourth-order valence-corrected chi connectivity index (χ4v) is 2.52. The Hall–Kier alpha value is -2.23. The van der Waals surface area contributed by atoms with Gasteiger partial charge in [0.15, 0.2) is 0 Å². The standard InChI is InChI=1S/C15H17N5O/c1-2-7-18-8-10-19(11-9-18)12-20-15(21)13-5-3-4-6-14(13)16-17-20/h1,3-6H,7-12H2. The molecule has 0 saturated carbocycles. The van der Waals surface area contributed by atoms with Crippen LogP contribution in [0.3, 0.4) is 0 Å². The summed E-state index contributed by atoms with van der Waals surface area (Å²) in [5.74, 6) is 2.66. The van der Waals surface area contributed by atoms with Crippen LogP contribution < -0.4 is 5.56 Å². The number of hydrogen-bond donors (Lipinski definition) is 0. The van der Waals surface area contributed by atoms with E-state index in [9.17, 15) is 4.79 Å². The van der Waals surface area contributed by atoms with E-state index in [0.717, 1.165) is 26.2 Å². The minimum absolute atomic E-state index is 0.0911. The first-order chi connectivity index (χ1) is 10.3. The molecule has 21 heavy (non-hydrogen) atoms. The number of hydrogen-bond acceptors (Lipinski definition) is 5. The lowest BCUT2D eigenvalue weighted by Crippen LogP contribution is -2.48. The van der Waals surface area contributed by atoms with Gasteiger partial charge in [0.25, 0.3) is 5.56 Å². The van der Waals surface area contributed by atoms with Gasteiger partial charge in [0.2, 0.25) is 0 Å². The molecule has 0 unspecified atom stereocenters. The first-order valence-electron chi connectivity index (χ1n) is 6.98. The van der Waals surface area contributed by atoms with Gasteiger partial charge < -0.3 is 0 Å². The molecule has 0 spiro atoms. The number of benzene rings is 1. The predicted octanol–water partition coefficient (Wildman–Crippen LogP) is -0.000200. The summed E-state index contributed by atoms with van der Waals surface area (Å²) in [6.07, 6.45) is 5.32. The maximum atomic E-state index is 12.4. The van der Waals surface area contributed by atoms with E-state index in [0.29, 0.717) is 24.1 Å². The van der Waals surface area contributed by atoms with Crippen LogP contribution in [0.1, 0.15) is 0 Å². The zero-order chi connectivity index (χ0) is 14.7. The molecule has 2 heterocycles. The highest BCUT2D eigenvalue weighted by atomic mass is 16.1. The fourth-order valence-electron chi connectivity index (χ4n) is 2.52. The number of terminal acetylenes is 1. The molecule has 1 fully saturated rings. The average molecular weight is 283 g/mol. The summed E-state index contributed by atoms with van der Waals surface area (Å²) >= 11 is 0. The summed E-state index contributed by atoms with van der Waals surface area (Å²) in [5.41, 5.74) is 0.546. The minimum atomic E-state index is -0.0911. The molecule has 0 amide bonds. The number of rotatable bonds is 3. The summed E-state index contributed by atoms with van der Waals surface area (Å²) in [6.45, 7) is 4.75. The van der Waals surface area contributed by atoms with E-state index < -0.39 is 0 Å². The van der Waals surface area contributed by atoms with Gasteiger partial charge in [-0.2, -0.15) is 4.68 Å². The van der Waals surface area contributed by atoms with Crippen molar-refractivity contribution >= 4 is 10.9 Å². The van der Waals surface area contributed by atoms with Crippen LogP contribution in [-0.2, 0) is 6.67 Å². The summed E-state index contributed by atoms with van der Waals surface area (Å²) in [6, 6.07) is 7.28. The highest BCUT2D eigenvalue weighted by Gasteiger charge is 2.17. The van der Waals surface area contributed by atoms with Gasteiger partial charge in [-0.25, -0.2) is 0 Å². The summed E-state index contributed by atoms with van der Waals surface area (Å²) < 4.78 is 1.43. The minimum Gasteiger partial charge on any atom is -0.290 e. The highest BCUT2D eigenvalue weighted by molar-refractivity contribution is 5.76. The Bertz CT molecular complexity index is 725. The van der Waals surface area contributed by atoms with Crippen LogP contribution in [0.4, 0.5) is 0 Å². The van der Waals surface area contributed by atoms with Crippen molar-refractivity contribution in [3.05, 3.63) is 34.6 Å². The zero-order valence-corrected chi connectivity index (χ0v) is 11.8. The topological polar surface area (TPSA) is 54.3 Å². The quantitative estimate of drug-likeness (QED) is 0.742. The lowest BCUT2D eigenvalue weighted by molar-refractivity contribution is 0.109. The van der Waals surface area contributed by atoms with Crippen molar-refractivity contribution in [2.75, 3.05) is 32.7 Å². The van der Waals surface area contributed by atoms with Crippen LogP contribution in [0.2, 0.25) is 0 Å². The Morgan fingerprint density at radius 3 is 2.62 bits per heavy atom. The van der Waals surface area contributed by atoms with Crippen LogP contribution in [0.5, 0.6) is 0 Å². The Labute approximate surface area is 123 Å². The second-order valence-electron chi connectivity index (χ2n) is 5.15. The van der Waals surface area contributed by atoms with Crippen LogP contribution >= 0.6 is 0 Å². The first kappa shape index (κ1) is 13.7. The van der Waals surface area contributed by atoms with Crippen molar-refractivity contribution in [1.82, 2.24) is 24.8 Å². The van der Waals surface area contributed by atoms with Gasteiger partial charge in [-0.15, -0.1) is 11.5 Å². The SMILES string of the molecule is C#CCN1CCN(Cn2nnc3ccccc3c2=O)CC1. The third-order valence-electron chi connectivity index (χ3n) is 3.74. The number of aromatic nitrogens is 3. The van der Waals surface area contributed by atoms with Gasteiger partial charge in [-0.1, -0.05) is 23.3 Å². The molecule has 6 heteroatoms. The monoisotopic (exact) mass is 283 g/mol. The third-order valence-corrected chi connectivity index (χ3v) is 3.74. The number of nitrogens with zero attached hydrogens (tertiary/aromatic N) is 5. The second kappa shape index (κ2) is 6.04. The molecule has 108 valence electrons. The summed E-state index contributed by atoms with van der Waals surface area (Å²) in [7, 11) is 0. The van der Waals surface area contributed by atoms with E-state index in [-0.39, 0.29) is 5.56 Å². The van der Waals surface area contributed by atoms with Crippen molar-refractivity contribution in [3.8, 4) is 12.3 Å². The molecule has 0 N–H and O–H groups in total. The van der Waals surface area contributed by atoms with Gasteiger partial charge >= 0.3 is 0 Å². The van der Waals surface area contributed by atoms with Crippen LogP contribution in [0.15, 0.2) is 29.1 Å². The molecule has 6 nitrogen and oxygen atoms in total. The lowest BCUT2D eigenvalue weighted by Gasteiger charge is -2.33. The van der Waals surface area contributed by atoms with Gasteiger partial charge in [-0.3, -0.25) is 14.6 Å². The van der Waals surface area contributed by atoms with E-state index in [1.807, 2.05) is 12.1 Å². The molecule has 1 aliphatic rings. The van der Waals surface area contributed by atoms with Crippen molar-refractivity contribution in [3.63, 3.8) is 0 Å². The maximum absolute atomic E-state index is 12.4. The molecule has 1 saturated heterocycles. The Balaban J connectivity index is 1.73. The molecular formula is C15H17N5O. The maximum Gasteiger partial charge on any atom is 0.278 e. The Kier molecular flexibility index (Phi) is 3.95. The van der Waals surface area contributed by atoms with Crippen LogP contribution in [0, 0.1) is 12.3 Å². The van der Waals surface area contributed by atoms with Crippen molar-refractivity contribution < 1.29 is 0 Å². The normalized spacial score (nSPS) is 16.9. The van der Waals surface area contributed by atoms with E-state index in [1.54, 1.807) is 12.1 Å². The van der Waals surface area contributed by atoms with Crippen LogP contribution in [-0.4, -0.2) is 57.5 Å². The number of fused-ring (bicyclic) bond motifs is 1. The Morgan fingerprint density at radius 2 is 1.86 bits per heavy atom. The van der Waals surface area contributed by atoms with Gasteiger partial charge in [0.05, 0.1) is 18.6 Å². The lowest BCUT2D eigenvalue weighted by atomic mass is 10.2. The van der Waals surface area contributed by atoms with E-state index in [1.165, 1.54) is 4.68 Å². The van der Waals surface area contributed by atoms with Gasteiger partial charge in [0.1, 0.15) is 5.52 Å². The first-order valence-corrected chi connectivity index (χ1v) is 6.98. The van der Waals surface area contributed by atoms with Crippen molar-refractivity contribution in [2.24, 2.45) is 0 Å². The zero-order valence-electron chi connectivity index (χ0n) is 11.8. The largest absolute Gasteiger partial charge is 0.290 e. The molecule has 0 bridgehead atoms. The van der Waals surface area contributed by atoms with E-state index >= 15 is 0 Å². The summed E-state index contributed by atoms with van der Waals surface area (Å²) in [5, 5.41) is 8.73. The summed E-state index contributed by atoms with van der Waals surface area (Å²) in [4.78, 5) is 16.8. The van der Waals surface area contributed by atoms with Gasteiger partial charge in [0, 0.05) is 26.2 Å². The third kappa shape index (κ3) is 2.94. The fraction of sp³-hybridized carbons (Fsp3) is 0.400. The predicted molar refractivity (Wildman–Crippen MR) is 80.6 cm³/mol. The molecule has 1 aliphatic heterocycles. The van der Waals surface area contributed by atoms with E-state index in [2.05, 4.69) is 26.0 Å². The van der Waals surface area contributed by atoms with Crippen LogP contribution in [0.25, 0.3) is 10.9 Å². The molecule has 0 aliphatic carbocycles. The second-order valence-corrected chi connectivity index (χ2v) is 5.15. The highest BCUT2D eigenvalue weighted by Crippen LogP contribution is 2.05. The molecule has 0 atom stereocenters. The molecule has 1 aromatic heterocycles. The molecule has 1 aromatic carbocycles. The molecule has 0 radical (unpaired) electrons.